The van der Waals surface area contributed by atoms with E-state index in [1.54, 1.807) is 0 Å². The van der Waals surface area contributed by atoms with Gasteiger partial charge in [-0.2, -0.15) is 0 Å². The molecule has 0 unspecified atom stereocenters. The van der Waals surface area contributed by atoms with Gasteiger partial charge in [0.05, 0.1) is 11.3 Å². The lowest BCUT2D eigenvalue weighted by molar-refractivity contribution is 0.278. The highest BCUT2D eigenvalue weighted by Gasteiger charge is 2.22. The molecule has 0 aliphatic carbocycles. The van der Waals surface area contributed by atoms with Gasteiger partial charge >= 0.3 is 0 Å². The molecule has 1 aliphatic rings. The summed E-state index contributed by atoms with van der Waals surface area (Å²) in [5.41, 5.74) is 3.19. The zero-order valence-electron chi connectivity index (χ0n) is 11.7. The fourth-order valence-corrected chi connectivity index (χ4v) is 2.76. The minimum Gasteiger partial charge on any atom is -0.310 e. The van der Waals surface area contributed by atoms with Gasteiger partial charge in [-0.15, -0.1) is 0 Å². The van der Waals surface area contributed by atoms with Crippen LogP contribution in [-0.2, 0) is 19.5 Å². The minimum absolute atomic E-state index is 0.0260. The van der Waals surface area contributed by atoms with E-state index >= 15 is 0 Å². The first kappa shape index (κ1) is 13.1. The van der Waals surface area contributed by atoms with E-state index in [0.717, 1.165) is 43.7 Å². The number of benzene rings is 1. The Morgan fingerprint density at radius 1 is 1.25 bits per heavy atom. The molecule has 1 N–H and O–H groups in total. The highest BCUT2D eigenvalue weighted by Crippen LogP contribution is 2.18. The summed E-state index contributed by atoms with van der Waals surface area (Å²) >= 11 is 0. The molecule has 0 radical (unpaired) electrons. The average molecular weight is 269 g/mol. The zero-order valence-corrected chi connectivity index (χ0v) is 11.7. The number of fused-ring (bicyclic) bond motifs is 1. The van der Waals surface area contributed by atoms with Crippen molar-refractivity contribution in [2.24, 2.45) is 0 Å². The number of rotatable bonds is 4. The van der Waals surface area contributed by atoms with Gasteiger partial charge in [0.25, 0.3) is 5.56 Å². The van der Waals surface area contributed by atoms with Crippen LogP contribution in [0, 0.1) is 6.92 Å². The first-order valence-corrected chi connectivity index (χ1v) is 7.07. The van der Waals surface area contributed by atoms with E-state index in [9.17, 15) is 4.79 Å². The molecule has 0 atom stereocenters. The maximum Gasteiger partial charge on any atom is 0.255 e. The second kappa shape index (κ2) is 5.59. The molecule has 0 fully saturated rings. The minimum atomic E-state index is 0.0260. The number of nitrogens with zero attached hydrogens (tertiary/aromatic N) is 2. The third-order valence-electron chi connectivity index (χ3n) is 3.76. The first-order valence-electron chi connectivity index (χ1n) is 7.07. The van der Waals surface area contributed by atoms with E-state index < -0.39 is 0 Å². The van der Waals surface area contributed by atoms with E-state index in [-0.39, 0.29) is 5.56 Å². The van der Waals surface area contributed by atoms with Gasteiger partial charge in [0.15, 0.2) is 0 Å². The highest BCUT2D eigenvalue weighted by molar-refractivity contribution is 5.22. The standard InChI is InChI=1S/C16H19N3O/c1-12-17-15-11-19(10-14(15)16(20)18-12)9-5-8-13-6-3-2-4-7-13/h2-4,6-7H,5,8-11H2,1H3,(H,17,18,20). The lowest BCUT2D eigenvalue weighted by Crippen LogP contribution is -2.20. The summed E-state index contributed by atoms with van der Waals surface area (Å²) in [6, 6.07) is 10.5. The number of aromatic nitrogens is 2. The van der Waals surface area contributed by atoms with E-state index in [1.807, 2.05) is 13.0 Å². The Morgan fingerprint density at radius 2 is 2.05 bits per heavy atom. The molecule has 0 saturated heterocycles. The van der Waals surface area contributed by atoms with E-state index in [4.69, 9.17) is 0 Å². The molecule has 4 nitrogen and oxygen atoms in total. The zero-order chi connectivity index (χ0) is 13.9. The largest absolute Gasteiger partial charge is 0.310 e. The number of H-pyrrole nitrogens is 1. The monoisotopic (exact) mass is 269 g/mol. The molecule has 1 aromatic carbocycles. The van der Waals surface area contributed by atoms with Crippen molar-refractivity contribution >= 4 is 0 Å². The molecule has 3 rings (SSSR count). The summed E-state index contributed by atoms with van der Waals surface area (Å²) in [5, 5.41) is 0. The predicted octanol–water partition coefficient (Wildman–Crippen LogP) is 2.03. The Hall–Kier alpha value is -1.94. The molecule has 0 spiro atoms. The van der Waals surface area contributed by atoms with Gasteiger partial charge in [-0.25, -0.2) is 4.98 Å². The third-order valence-corrected chi connectivity index (χ3v) is 3.76. The molecule has 1 aromatic heterocycles. The van der Waals surface area contributed by atoms with Crippen molar-refractivity contribution in [1.29, 1.82) is 0 Å². The second-order valence-electron chi connectivity index (χ2n) is 5.38. The van der Waals surface area contributed by atoms with Crippen molar-refractivity contribution in [3.05, 3.63) is 63.3 Å². The van der Waals surface area contributed by atoms with Gasteiger partial charge in [-0.1, -0.05) is 30.3 Å². The number of aryl methyl sites for hydroxylation is 2. The summed E-state index contributed by atoms with van der Waals surface area (Å²) in [6.45, 7) is 4.37. The molecule has 2 heterocycles. The summed E-state index contributed by atoms with van der Waals surface area (Å²) in [7, 11) is 0. The Labute approximate surface area is 118 Å². The van der Waals surface area contributed by atoms with Crippen LogP contribution in [0.3, 0.4) is 0 Å². The molecule has 2 aromatic rings. The predicted molar refractivity (Wildman–Crippen MR) is 78.5 cm³/mol. The quantitative estimate of drug-likeness (QED) is 0.924. The van der Waals surface area contributed by atoms with E-state index in [2.05, 4.69) is 39.1 Å². The Balaban J connectivity index is 1.57. The molecule has 0 bridgehead atoms. The SMILES string of the molecule is Cc1nc2c(c(=O)[nH]1)CN(CCCc1ccccc1)C2. The van der Waals surface area contributed by atoms with E-state index in [1.165, 1.54) is 5.56 Å². The number of hydrogen-bond donors (Lipinski definition) is 1. The van der Waals surface area contributed by atoms with Crippen molar-refractivity contribution in [2.75, 3.05) is 6.54 Å². The average Bonchev–Trinajstić information content (AvgIpc) is 2.83. The van der Waals surface area contributed by atoms with Crippen molar-refractivity contribution in [3.8, 4) is 0 Å². The molecule has 0 amide bonds. The molecule has 20 heavy (non-hydrogen) atoms. The summed E-state index contributed by atoms with van der Waals surface area (Å²) in [4.78, 5) is 21.4. The number of hydrogen-bond acceptors (Lipinski definition) is 3. The lowest BCUT2D eigenvalue weighted by atomic mass is 10.1. The Kier molecular flexibility index (Phi) is 3.65. The maximum absolute atomic E-state index is 11.9. The highest BCUT2D eigenvalue weighted by atomic mass is 16.1. The van der Waals surface area contributed by atoms with Crippen LogP contribution in [0.15, 0.2) is 35.1 Å². The molecule has 4 heteroatoms. The van der Waals surface area contributed by atoms with Crippen LogP contribution in [0.1, 0.15) is 29.1 Å². The van der Waals surface area contributed by atoms with Crippen molar-refractivity contribution in [1.82, 2.24) is 14.9 Å². The Bertz CT molecular complexity index is 649. The molecular formula is C16H19N3O. The van der Waals surface area contributed by atoms with Crippen LogP contribution in [0.4, 0.5) is 0 Å². The van der Waals surface area contributed by atoms with Crippen LogP contribution in [0.5, 0.6) is 0 Å². The maximum atomic E-state index is 11.9. The van der Waals surface area contributed by atoms with Crippen molar-refractivity contribution in [3.63, 3.8) is 0 Å². The molecular weight excluding hydrogens is 250 g/mol. The second-order valence-corrected chi connectivity index (χ2v) is 5.38. The first-order chi connectivity index (χ1) is 9.72. The van der Waals surface area contributed by atoms with Crippen LogP contribution in [0.25, 0.3) is 0 Å². The van der Waals surface area contributed by atoms with Gasteiger partial charge < -0.3 is 4.98 Å². The van der Waals surface area contributed by atoms with Gasteiger partial charge in [0.1, 0.15) is 5.82 Å². The summed E-state index contributed by atoms with van der Waals surface area (Å²) in [6.07, 6.45) is 2.19. The molecule has 104 valence electrons. The van der Waals surface area contributed by atoms with Gasteiger partial charge in [0.2, 0.25) is 0 Å². The smallest absolute Gasteiger partial charge is 0.255 e. The fourth-order valence-electron chi connectivity index (χ4n) is 2.76. The van der Waals surface area contributed by atoms with Crippen LogP contribution >= 0.6 is 0 Å². The van der Waals surface area contributed by atoms with Crippen LogP contribution < -0.4 is 5.56 Å². The van der Waals surface area contributed by atoms with Crippen molar-refractivity contribution in [2.45, 2.75) is 32.9 Å². The summed E-state index contributed by atoms with van der Waals surface area (Å²) < 4.78 is 0. The third kappa shape index (κ3) is 2.80. The molecule has 1 aliphatic heterocycles. The lowest BCUT2D eigenvalue weighted by Gasteiger charge is -2.13. The normalized spacial score (nSPS) is 14.4. The van der Waals surface area contributed by atoms with Gasteiger partial charge in [0, 0.05) is 13.1 Å². The summed E-state index contributed by atoms with van der Waals surface area (Å²) in [5.74, 6) is 0.708. The van der Waals surface area contributed by atoms with Crippen LogP contribution in [0.2, 0.25) is 0 Å². The topological polar surface area (TPSA) is 49.0 Å². The van der Waals surface area contributed by atoms with Gasteiger partial charge in [-0.05, 0) is 31.9 Å². The number of aromatic amines is 1. The van der Waals surface area contributed by atoms with E-state index in [0.29, 0.717) is 5.82 Å². The fraction of sp³-hybridized carbons (Fsp3) is 0.375. The van der Waals surface area contributed by atoms with Crippen LogP contribution in [-0.4, -0.2) is 21.4 Å². The number of nitrogens with one attached hydrogen (secondary N) is 1. The van der Waals surface area contributed by atoms with Crippen molar-refractivity contribution < 1.29 is 0 Å². The Morgan fingerprint density at radius 3 is 2.85 bits per heavy atom. The molecule has 0 saturated carbocycles. The van der Waals surface area contributed by atoms with Gasteiger partial charge in [-0.3, -0.25) is 9.69 Å².